The zero-order chi connectivity index (χ0) is 18.4. The molecule has 2 aliphatic heterocycles. The molecule has 2 aliphatic rings. The Morgan fingerprint density at radius 3 is 2.69 bits per heavy atom. The van der Waals surface area contributed by atoms with Gasteiger partial charge >= 0.3 is 12.0 Å². The van der Waals surface area contributed by atoms with Gasteiger partial charge in [-0.1, -0.05) is 6.07 Å². The number of piperidine rings is 1. The van der Waals surface area contributed by atoms with Gasteiger partial charge in [-0.2, -0.15) is 0 Å². The minimum absolute atomic E-state index is 0.0933. The van der Waals surface area contributed by atoms with Crippen LogP contribution in [0, 0.1) is 0 Å². The van der Waals surface area contributed by atoms with E-state index in [9.17, 15) is 14.7 Å². The lowest BCUT2D eigenvalue weighted by molar-refractivity contribution is -0.148. The maximum atomic E-state index is 12.5. The summed E-state index contributed by atoms with van der Waals surface area (Å²) >= 11 is 0. The molecule has 3 rings (SSSR count). The number of rotatable bonds is 5. The maximum absolute atomic E-state index is 12.5. The molecule has 0 aliphatic carbocycles. The Bertz CT molecular complexity index is 611. The molecule has 142 valence electrons. The summed E-state index contributed by atoms with van der Waals surface area (Å²) in [5.41, 5.74) is -0.196. The first-order valence-corrected chi connectivity index (χ1v) is 8.98. The molecule has 0 aromatic carbocycles. The summed E-state index contributed by atoms with van der Waals surface area (Å²) < 4.78 is 11.1. The topological polar surface area (TPSA) is 101 Å². The second-order valence-electron chi connectivity index (χ2n) is 6.79. The van der Waals surface area contributed by atoms with Gasteiger partial charge in [0.05, 0.1) is 12.7 Å². The number of carbonyl (C=O) groups excluding carboxylic acids is 1. The molecule has 1 aromatic heterocycles. The van der Waals surface area contributed by atoms with E-state index in [1.54, 1.807) is 17.3 Å². The smallest absolute Gasteiger partial charge is 0.329 e. The molecule has 0 spiro atoms. The third-order valence-electron chi connectivity index (χ3n) is 5.04. The number of hydrogen-bond acceptors (Lipinski definition) is 5. The molecule has 2 fully saturated rings. The number of nitrogens with zero attached hydrogens (tertiary/aromatic N) is 2. The molecule has 26 heavy (non-hydrogen) atoms. The molecular formula is C18H25N3O5. The Balaban J connectivity index is 1.46. The number of pyridine rings is 1. The zero-order valence-corrected chi connectivity index (χ0v) is 14.7. The largest absolute Gasteiger partial charge is 0.480 e. The summed E-state index contributed by atoms with van der Waals surface area (Å²) in [5, 5.41) is 12.3. The molecule has 0 radical (unpaired) electrons. The maximum Gasteiger partial charge on any atom is 0.329 e. The fourth-order valence-electron chi connectivity index (χ4n) is 3.32. The highest BCUT2D eigenvalue weighted by Gasteiger charge is 2.42. The number of ether oxygens (including phenoxy) is 2. The zero-order valence-electron chi connectivity index (χ0n) is 14.7. The van der Waals surface area contributed by atoms with Gasteiger partial charge in [0, 0.05) is 51.5 Å². The van der Waals surface area contributed by atoms with Gasteiger partial charge < -0.3 is 24.8 Å². The van der Waals surface area contributed by atoms with Crippen LogP contribution in [0.2, 0.25) is 0 Å². The summed E-state index contributed by atoms with van der Waals surface area (Å²) in [4.78, 5) is 29.9. The predicted molar refractivity (Wildman–Crippen MR) is 92.6 cm³/mol. The van der Waals surface area contributed by atoms with Crippen LogP contribution in [0.1, 0.15) is 31.2 Å². The molecule has 8 heteroatoms. The second kappa shape index (κ2) is 8.46. The van der Waals surface area contributed by atoms with E-state index in [2.05, 4.69) is 10.3 Å². The van der Waals surface area contributed by atoms with Crippen LogP contribution in [0.25, 0.3) is 0 Å². The van der Waals surface area contributed by atoms with E-state index >= 15 is 0 Å². The van der Waals surface area contributed by atoms with Crippen LogP contribution >= 0.6 is 0 Å². The molecule has 2 N–H and O–H groups in total. The summed E-state index contributed by atoms with van der Waals surface area (Å²) in [7, 11) is 0. The van der Waals surface area contributed by atoms with Crippen LogP contribution < -0.4 is 5.32 Å². The van der Waals surface area contributed by atoms with E-state index < -0.39 is 11.5 Å². The quantitative estimate of drug-likeness (QED) is 0.820. The molecule has 3 heterocycles. The van der Waals surface area contributed by atoms with Gasteiger partial charge in [0.15, 0.2) is 0 Å². The first kappa shape index (κ1) is 18.6. The summed E-state index contributed by atoms with van der Waals surface area (Å²) in [6.45, 7) is 2.30. The Hall–Kier alpha value is -2.19. The number of aromatic nitrogens is 1. The van der Waals surface area contributed by atoms with E-state index in [4.69, 9.17) is 9.47 Å². The number of carbonyl (C=O) groups is 2. The van der Waals surface area contributed by atoms with Crippen molar-refractivity contribution < 1.29 is 24.2 Å². The molecule has 0 unspecified atom stereocenters. The SMILES string of the molecule is O=C(NC1(C(=O)O)CCOCC1)N1CCC(OCc2cccnc2)CC1. The van der Waals surface area contributed by atoms with Crippen LogP contribution in [0.15, 0.2) is 24.5 Å². The molecule has 2 saturated heterocycles. The highest BCUT2D eigenvalue weighted by Crippen LogP contribution is 2.22. The standard InChI is InChI=1S/C18H25N3O5/c22-16(23)18(5-10-25-11-6-18)20-17(24)21-8-3-15(4-9-21)26-13-14-2-1-7-19-12-14/h1-2,7,12,15H,3-6,8-11,13H2,(H,20,24)(H,22,23). The van der Waals surface area contributed by atoms with Crippen LogP contribution in [0.4, 0.5) is 4.79 Å². The molecule has 0 saturated carbocycles. The van der Waals surface area contributed by atoms with Crippen LogP contribution in [0.5, 0.6) is 0 Å². The lowest BCUT2D eigenvalue weighted by Gasteiger charge is -2.38. The van der Waals surface area contributed by atoms with Crippen molar-refractivity contribution in [1.29, 1.82) is 0 Å². The minimum Gasteiger partial charge on any atom is -0.480 e. The highest BCUT2D eigenvalue weighted by molar-refractivity contribution is 5.86. The lowest BCUT2D eigenvalue weighted by Crippen LogP contribution is -2.61. The minimum atomic E-state index is -1.22. The van der Waals surface area contributed by atoms with Gasteiger partial charge in [0.1, 0.15) is 5.54 Å². The lowest BCUT2D eigenvalue weighted by atomic mass is 9.90. The van der Waals surface area contributed by atoms with Crippen molar-refractivity contribution in [1.82, 2.24) is 15.2 Å². The number of carboxylic acid groups (broad SMARTS) is 1. The second-order valence-corrected chi connectivity index (χ2v) is 6.79. The van der Waals surface area contributed by atoms with Gasteiger partial charge in [0.25, 0.3) is 0 Å². The monoisotopic (exact) mass is 363 g/mol. The van der Waals surface area contributed by atoms with Gasteiger partial charge in [0.2, 0.25) is 0 Å². The van der Waals surface area contributed by atoms with Gasteiger partial charge in [-0.25, -0.2) is 9.59 Å². The molecular weight excluding hydrogens is 338 g/mol. The number of carboxylic acids is 1. The van der Waals surface area contributed by atoms with E-state index in [1.165, 1.54) is 0 Å². The van der Waals surface area contributed by atoms with Crippen LogP contribution in [-0.4, -0.2) is 64.9 Å². The molecule has 1 aromatic rings. The average Bonchev–Trinajstić information content (AvgIpc) is 2.68. The van der Waals surface area contributed by atoms with E-state index in [0.29, 0.717) is 45.8 Å². The van der Waals surface area contributed by atoms with Crippen molar-refractivity contribution >= 4 is 12.0 Å². The van der Waals surface area contributed by atoms with E-state index in [0.717, 1.165) is 18.4 Å². The fraction of sp³-hybridized carbons (Fsp3) is 0.611. The first-order valence-electron chi connectivity index (χ1n) is 8.98. The van der Waals surface area contributed by atoms with Crippen LogP contribution in [0.3, 0.4) is 0 Å². The van der Waals surface area contributed by atoms with E-state index in [1.807, 2.05) is 12.1 Å². The van der Waals surface area contributed by atoms with Crippen molar-refractivity contribution in [2.75, 3.05) is 26.3 Å². The molecule has 8 nitrogen and oxygen atoms in total. The number of amides is 2. The first-order chi connectivity index (χ1) is 12.6. The van der Waals surface area contributed by atoms with Crippen molar-refractivity contribution in [3.8, 4) is 0 Å². The number of urea groups is 1. The summed E-state index contributed by atoms with van der Waals surface area (Å²) in [6.07, 6.45) is 5.64. The normalized spacial score (nSPS) is 20.5. The average molecular weight is 363 g/mol. The number of aliphatic carboxylic acids is 1. The van der Waals surface area contributed by atoms with Crippen molar-refractivity contribution in [3.63, 3.8) is 0 Å². The summed E-state index contributed by atoms with van der Waals surface area (Å²) in [5.74, 6) is -0.996. The van der Waals surface area contributed by atoms with Crippen LogP contribution in [-0.2, 0) is 20.9 Å². The third-order valence-corrected chi connectivity index (χ3v) is 5.04. The predicted octanol–water partition coefficient (Wildman–Crippen LogP) is 1.41. The number of nitrogens with one attached hydrogen (secondary N) is 1. The third kappa shape index (κ3) is 4.50. The molecule has 0 atom stereocenters. The Kier molecular flexibility index (Phi) is 6.05. The molecule has 0 bridgehead atoms. The number of likely N-dealkylation sites (tertiary alicyclic amines) is 1. The fourth-order valence-corrected chi connectivity index (χ4v) is 3.32. The number of hydrogen-bond donors (Lipinski definition) is 2. The van der Waals surface area contributed by atoms with Crippen molar-refractivity contribution in [3.05, 3.63) is 30.1 Å². The highest BCUT2D eigenvalue weighted by atomic mass is 16.5. The van der Waals surface area contributed by atoms with E-state index in [-0.39, 0.29) is 12.1 Å². The molecule has 2 amide bonds. The Morgan fingerprint density at radius 1 is 1.35 bits per heavy atom. The summed E-state index contributed by atoms with van der Waals surface area (Å²) in [6, 6.07) is 3.52. The van der Waals surface area contributed by atoms with Crippen molar-refractivity contribution in [2.45, 2.75) is 43.9 Å². The van der Waals surface area contributed by atoms with Crippen molar-refractivity contribution in [2.24, 2.45) is 0 Å². The Labute approximate surface area is 152 Å². The Morgan fingerprint density at radius 2 is 2.08 bits per heavy atom. The van der Waals surface area contributed by atoms with Gasteiger partial charge in [-0.15, -0.1) is 0 Å². The van der Waals surface area contributed by atoms with Gasteiger partial charge in [-0.3, -0.25) is 4.98 Å². The van der Waals surface area contributed by atoms with Gasteiger partial charge in [-0.05, 0) is 24.5 Å².